The summed E-state index contributed by atoms with van der Waals surface area (Å²) in [5.74, 6) is -0.274. The molecule has 0 aromatic heterocycles. The van der Waals surface area contributed by atoms with E-state index < -0.39 is 0 Å². The van der Waals surface area contributed by atoms with Crippen LogP contribution in [0.25, 0.3) is 0 Å². The van der Waals surface area contributed by atoms with Gasteiger partial charge in [-0.05, 0) is 5.56 Å². The number of hydrogen-bond donors (Lipinski definition) is 0. The summed E-state index contributed by atoms with van der Waals surface area (Å²) in [5, 5.41) is 0. The van der Waals surface area contributed by atoms with E-state index in [2.05, 4.69) is 0 Å². The fourth-order valence-electron chi connectivity index (χ4n) is 1.54. The number of epoxide rings is 1. The molecule has 4 heteroatoms. The van der Waals surface area contributed by atoms with Gasteiger partial charge < -0.3 is 14.2 Å². The summed E-state index contributed by atoms with van der Waals surface area (Å²) in [6.45, 7) is 2.85. The number of benzene rings is 1. The molecule has 0 bridgehead atoms. The Kier molecular flexibility index (Phi) is 4.12. The van der Waals surface area contributed by atoms with Crippen LogP contribution < -0.4 is 0 Å². The lowest BCUT2D eigenvalue weighted by Gasteiger charge is -2.02. The van der Waals surface area contributed by atoms with Crippen molar-refractivity contribution in [3.05, 3.63) is 35.9 Å². The van der Waals surface area contributed by atoms with Gasteiger partial charge in [-0.1, -0.05) is 30.3 Å². The van der Waals surface area contributed by atoms with Gasteiger partial charge in [-0.3, -0.25) is 4.79 Å². The molecule has 4 nitrogen and oxygen atoms in total. The molecule has 17 heavy (non-hydrogen) atoms. The number of ether oxygens (including phenoxy) is 3. The molecule has 2 rings (SSSR count). The second-order valence-corrected chi connectivity index (χ2v) is 4.02. The number of esters is 1. The first-order chi connectivity index (χ1) is 8.25. The second-order valence-electron chi connectivity index (χ2n) is 4.02. The monoisotopic (exact) mass is 236 g/mol. The maximum atomic E-state index is 10.6. The van der Waals surface area contributed by atoms with Gasteiger partial charge in [0.1, 0.15) is 18.8 Å². The maximum absolute atomic E-state index is 10.6. The van der Waals surface area contributed by atoms with E-state index in [-0.39, 0.29) is 18.2 Å². The third kappa shape index (κ3) is 4.17. The van der Waals surface area contributed by atoms with Crippen molar-refractivity contribution in [1.82, 2.24) is 0 Å². The lowest BCUT2D eigenvalue weighted by molar-refractivity contribution is -0.141. The highest BCUT2D eigenvalue weighted by Gasteiger charge is 2.39. The SMILES string of the molecule is CC(=O)OC[C@@H]1O[C@@H]1COCc1ccccc1. The molecule has 92 valence electrons. The van der Waals surface area contributed by atoms with Crippen LogP contribution in [0.3, 0.4) is 0 Å². The van der Waals surface area contributed by atoms with E-state index in [1.54, 1.807) is 0 Å². The molecule has 0 saturated carbocycles. The zero-order chi connectivity index (χ0) is 12.1. The molecule has 1 aromatic carbocycles. The van der Waals surface area contributed by atoms with E-state index >= 15 is 0 Å². The minimum atomic E-state index is -0.274. The number of carbonyl (C=O) groups is 1. The molecule has 0 unspecified atom stereocenters. The molecule has 1 fully saturated rings. The van der Waals surface area contributed by atoms with Crippen molar-refractivity contribution in [2.45, 2.75) is 25.7 Å². The molecular formula is C13H16O4. The summed E-state index contributed by atoms with van der Waals surface area (Å²) in [6.07, 6.45) is 0.0766. The van der Waals surface area contributed by atoms with Crippen molar-refractivity contribution < 1.29 is 19.0 Å². The number of carbonyl (C=O) groups excluding carboxylic acids is 1. The Hall–Kier alpha value is -1.39. The van der Waals surface area contributed by atoms with E-state index in [0.29, 0.717) is 19.8 Å². The van der Waals surface area contributed by atoms with Gasteiger partial charge in [0.05, 0.1) is 13.2 Å². The quantitative estimate of drug-likeness (QED) is 0.555. The van der Waals surface area contributed by atoms with E-state index in [0.717, 1.165) is 5.56 Å². The first-order valence-corrected chi connectivity index (χ1v) is 5.66. The highest BCUT2D eigenvalue weighted by Crippen LogP contribution is 2.22. The second kappa shape index (κ2) is 5.80. The zero-order valence-corrected chi connectivity index (χ0v) is 9.80. The van der Waals surface area contributed by atoms with E-state index in [1.165, 1.54) is 6.92 Å². The minimum Gasteiger partial charge on any atom is -0.463 e. The highest BCUT2D eigenvalue weighted by atomic mass is 16.6. The zero-order valence-electron chi connectivity index (χ0n) is 9.80. The van der Waals surface area contributed by atoms with E-state index in [9.17, 15) is 4.79 Å². The molecule has 1 heterocycles. The minimum absolute atomic E-state index is 0.00896. The topological polar surface area (TPSA) is 48.1 Å². The van der Waals surface area contributed by atoms with Crippen LogP contribution in [0.5, 0.6) is 0 Å². The summed E-state index contributed by atoms with van der Waals surface area (Å²) in [7, 11) is 0. The Labute approximate surface area is 100 Å². The average Bonchev–Trinajstić information content (AvgIpc) is 3.07. The molecule has 1 aliphatic heterocycles. The van der Waals surface area contributed by atoms with Crippen molar-refractivity contribution in [3.8, 4) is 0 Å². The van der Waals surface area contributed by atoms with Gasteiger partial charge in [0, 0.05) is 6.92 Å². The van der Waals surface area contributed by atoms with Crippen LogP contribution in [-0.4, -0.2) is 31.4 Å². The standard InChI is InChI=1S/C13H16O4/c1-10(14)16-9-13-12(17-13)8-15-7-11-5-3-2-4-6-11/h2-6,12-13H,7-9H2,1H3/t12-,13+/m1/s1. The molecule has 0 radical (unpaired) electrons. The van der Waals surface area contributed by atoms with Crippen LogP contribution in [-0.2, 0) is 25.6 Å². The van der Waals surface area contributed by atoms with Crippen LogP contribution in [0.4, 0.5) is 0 Å². The summed E-state index contributed by atoms with van der Waals surface area (Å²) in [4.78, 5) is 10.6. The van der Waals surface area contributed by atoms with Crippen LogP contribution >= 0.6 is 0 Å². The maximum Gasteiger partial charge on any atom is 0.302 e. The molecule has 2 atom stereocenters. The summed E-state index contributed by atoms with van der Waals surface area (Å²) in [5.41, 5.74) is 1.14. The van der Waals surface area contributed by atoms with E-state index in [1.807, 2.05) is 30.3 Å². The molecule has 1 aromatic rings. The fraction of sp³-hybridized carbons (Fsp3) is 0.462. The third-order valence-electron chi connectivity index (χ3n) is 2.53. The molecule has 1 saturated heterocycles. The van der Waals surface area contributed by atoms with Crippen molar-refractivity contribution in [2.75, 3.05) is 13.2 Å². The van der Waals surface area contributed by atoms with Gasteiger partial charge in [-0.2, -0.15) is 0 Å². The normalized spacial score (nSPS) is 22.2. The highest BCUT2D eigenvalue weighted by molar-refractivity contribution is 5.65. The van der Waals surface area contributed by atoms with Crippen molar-refractivity contribution in [3.63, 3.8) is 0 Å². The van der Waals surface area contributed by atoms with Crippen LogP contribution in [0, 0.1) is 0 Å². The largest absolute Gasteiger partial charge is 0.463 e. The molecule has 0 N–H and O–H groups in total. The van der Waals surface area contributed by atoms with Gasteiger partial charge in [0.2, 0.25) is 0 Å². The Balaban J connectivity index is 1.57. The van der Waals surface area contributed by atoms with Crippen molar-refractivity contribution in [1.29, 1.82) is 0 Å². The molecule has 0 spiro atoms. The molecule has 0 aliphatic carbocycles. The van der Waals surface area contributed by atoms with Gasteiger partial charge in [-0.25, -0.2) is 0 Å². The Morgan fingerprint density at radius 2 is 1.94 bits per heavy atom. The number of rotatable bonds is 6. The first-order valence-electron chi connectivity index (χ1n) is 5.66. The average molecular weight is 236 g/mol. The van der Waals surface area contributed by atoms with Crippen LogP contribution in [0.1, 0.15) is 12.5 Å². The predicted molar refractivity (Wildman–Crippen MR) is 61.4 cm³/mol. The van der Waals surface area contributed by atoms with Gasteiger partial charge >= 0.3 is 5.97 Å². The van der Waals surface area contributed by atoms with Crippen molar-refractivity contribution in [2.24, 2.45) is 0 Å². The predicted octanol–water partition coefficient (Wildman–Crippen LogP) is 1.53. The van der Waals surface area contributed by atoms with Crippen LogP contribution in [0.15, 0.2) is 30.3 Å². The molecular weight excluding hydrogens is 220 g/mol. The summed E-state index contributed by atoms with van der Waals surface area (Å²) < 4.78 is 15.7. The molecule has 0 amide bonds. The van der Waals surface area contributed by atoms with Crippen LogP contribution in [0.2, 0.25) is 0 Å². The van der Waals surface area contributed by atoms with Gasteiger partial charge in [0.15, 0.2) is 0 Å². The molecule has 1 aliphatic rings. The lowest BCUT2D eigenvalue weighted by Crippen LogP contribution is -2.11. The fourth-order valence-corrected chi connectivity index (χ4v) is 1.54. The lowest BCUT2D eigenvalue weighted by atomic mass is 10.2. The Bertz CT molecular complexity index is 363. The van der Waals surface area contributed by atoms with E-state index in [4.69, 9.17) is 14.2 Å². The Morgan fingerprint density at radius 1 is 1.24 bits per heavy atom. The summed E-state index contributed by atoms with van der Waals surface area (Å²) in [6, 6.07) is 9.97. The van der Waals surface area contributed by atoms with Gasteiger partial charge in [-0.15, -0.1) is 0 Å². The first kappa shape index (κ1) is 12.1. The number of hydrogen-bond acceptors (Lipinski definition) is 4. The summed E-state index contributed by atoms with van der Waals surface area (Å²) >= 11 is 0. The Morgan fingerprint density at radius 3 is 2.65 bits per heavy atom. The smallest absolute Gasteiger partial charge is 0.302 e. The van der Waals surface area contributed by atoms with Gasteiger partial charge in [0.25, 0.3) is 0 Å². The third-order valence-corrected chi connectivity index (χ3v) is 2.53. The van der Waals surface area contributed by atoms with Crippen molar-refractivity contribution >= 4 is 5.97 Å².